The highest BCUT2D eigenvalue weighted by molar-refractivity contribution is 5.94. The number of carbonyl (C=O) groups is 1. The molecule has 6 heteroatoms. The maximum Gasteiger partial charge on any atom is 0.251 e. The summed E-state index contributed by atoms with van der Waals surface area (Å²) in [5, 5.41) is 5.97. The zero-order valence-corrected chi connectivity index (χ0v) is 14.5. The number of nitrogens with one attached hydrogen (secondary N) is 2. The molecule has 0 atom stereocenters. The van der Waals surface area contributed by atoms with Crippen molar-refractivity contribution in [1.29, 1.82) is 0 Å². The Morgan fingerprint density at radius 2 is 2.00 bits per heavy atom. The van der Waals surface area contributed by atoms with Gasteiger partial charge in [0.15, 0.2) is 11.5 Å². The van der Waals surface area contributed by atoms with Crippen molar-refractivity contribution in [2.24, 2.45) is 0 Å². The summed E-state index contributed by atoms with van der Waals surface area (Å²) < 4.78 is 10.5. The summed E-state index contributed by atoms with van der Waals surface area (Å²) in [6.07, 6.45) is 4.03. The molecule has 1 aromatic carbocycles. The zero-order chi connectivity index (χ0) is 18.1. The molecule has 0 aliphatic heterocycles. The first-order valence-corrected chi connectivity index (χ1v) is 7.98. The molecule has 1 amide bonds. The van der Waals surface area contributed by atoms with Gasteiger partial charge in [-0.3, -0.25) is 4.79 Å². The molecule has 0 aliphatic rings. The fraction of sp³-hybridized carbons (Fsp3) is 0.263. The fourth-order valence-corrected chi connectivity index (χ4v) is 2.30. The van der Waals surface area contributed by atoms with Crippen molar-refractivity contribution >= 4 is 11.7 Å². The van der Waals surface area contributed by atoms with Crippen LogP contribution in [0, 0.1) is 0 Å². The summed E-state index contributed by atoms with van der Waals surface area (Å²) in [5.41, 5.74) is 1.62. The molecule has 1 heterocycles. The number of hydrogen-bond acceptors (Lipinski definition) is 5. The maximum atomic E-state index is 12.3. The molecule has 6 nitrogen and oxygen atoms in total. The Morgan fingerprint density at radius 3 is 2.72 bits per heavy atom. The van der Waals surface area contributed by atoms with Gasteiger partial charge in [-0.15, -0.1) is 6.58 Å². The SMILES string of the molecule is C=CCNc1cc(C(=O)NCCc2ccc(OC)c(OC)c2)ccn1. The van der Waals surface area contributed by atoms with Crippen molar-refractivity contribution in [1.82, 2.24) is 10.3 Å². The Labute approximate surface area is 147 Å². The molecule has 0 unspecified atom stereocenters. The molecule has 0 saturated heterocycles. The molecule has 2 rings (SSSR count). The van der Waals surface area contributed by atoms with Crippen LogP contribution in [0.3, 0.4) is 0 Å². The number of carbonyl (C=O) groups excluding carboxylic acids is 1. The first-order chi connectivity index (χ1) is 12.2. The van der Waals surface area contributed by atoms with E-state index in [4.69, 9.17) is 9.47 Å². The average molecular weight is 341 g/mol. The molecule has 0 radical (unpaired) electrons. The van der Waals surface area contributed by atoms with Gasteiger partial charge >= 0.3 is 0 Å². The highest BCUT2D eigenvalue weighted by Gasteiger charge is 2.08. The molecule has 0 spiro atoms. The van der Waals surface area contributed by atoms with E-state index in [9.17, 15) is 4.79 Å². The number of rotatable bonds is 9. The highest BCUT2D eigenvalue weighted by atomic mass is 16.5. The monoisotopic (exact) mass is 341 g/mol. The first kappa shape index (κ1) is 18.3. The van der Waals surface area contributed by atoms with Gasteiger partial charge in [0, 0.05) is 24.8 Å². The van der Waals surface area contributed by atoms with Crippen molar-refractivity contribution in [2.75, 3.05) is 32.6 Å². The summed E-state index contributed by atoms with van der Waals surface area (Å²) in [5.74, 6) is 1.88. The van der Waals surface area contributed by atoms with Crippen LogP contribution in [0.25, 0.3) is 0 Å². The van der Waals surface area contributed by atoms with Crippen LogP contribution in [0.15, 0.2) is 49.2 Å². The number of aromatic nitrogens is 1. The molecule has 2 aromatic rings. The predicted molar refractivity (Wildman–Crippen MR) is 98.5 cm³/mol. The predicted octanol–water partition coefficient (Wildman–Crippen LogP) is 2.67. The number of amides is 1. The molecule has 0 fully saturated rings. The van der Waals surface area contributed by atoms with Crippen LogP contribution in [-0.4, -0.2) is 38.2 Å². The minimum Gasteiger partial charge on any atom is -0.493 e. The number of pyridine rings is 1. The van der Waals surface area contributed by atoms with Crippen LogP contribution in [0.2, 0.25) is 0 Å². The Bertz CT molecular complexity index is 732. The van der Waals surface area contributed by atoms with Gasteiger partial charge in [0.25, 0.3) is 5.91 Å². The molecule has 0 saturated carbocycles. The molecule has 132 valence electrons. The third kappa shape index (κ3) is 5.24. The summed E-state index contributed by atoms with van der Waals surface area (Å²) >= 11 is 0. The van der Waals surface area contributed by atoms with Crippen LogP contribution >= 0.6 is 0 Å². The number of anilines is 1. The molecular weight excluding hydrogens is 318 g/mol. The number of methoxy groups -OCH3 is 2. The largest absolute Gasteiger partial charge is 0.493 e. The third-order valence-electron chi connectivity index (χ3n) is 3.60. The number of benzene rings is 1. The summed E-state index contributed by atoms with van der Waals surface area (Å²) in [6, 6.07) is 9.13. The molecule has 0 bridgehead atoms. The van der Waals surface area contributed by atoms with Crippen molar-refractivity contribution in [3.63, 3.8) is 0 Å². The number of hydrogen-bond donors (Lipinski definition) is 2. The van der Waals surface area contributed by atoms with Gasteiger partial charge in [-0.05, 0) is 36.2 Å². The van der Waals surface area contributed by atoms with Gasteiger partial charge in [0.2, 0.25) is 0 Å². The van der Waals surface area contributed by atoms with Gasteiger partial charge in [-0.2, -0.15) is 0 Å². The quantitative estimate of drug-likeness (QED) is 0.686. The van der Waals surface area contributed by atoms with Crippen molar-refractivity contribution in [3.05, 3.63) is 60.3 Å². The summed E-state index contributed by atoms with van der Waals surface area (Å²) in [6.45, 7) is 4.75. The lowest BCUT2D eigenvalue weighted by Gasteiger charge is -2.10. The Balaban J connectivity index is 1.91. The van der Waals surface area contributed by atoms with Gasteiger partial charge in [0.1, 0.15) is 5.82 Å². The Hall–Kier alpha value is -3.02. The van der Waals surface area contributed by atoms with Gasteiger partial charge < -0.3 is 20.1 Å². The standard InChI is InChI=1S/C19H23N3O3/c1-4-9-20-18-13-15(8-11-21-18)19(23)22-10-7-14-5-6-16(24-2)17(12-14)25-3/h4-6,8,11-13H,1,7,9-10H2,2-3H3,(H,20,21)(H,22,23). The van der Waals surface area contributed by atoms with Crippen molar-refractivity contribution < 1.29 is 14.3 Å². The van der Waals surface area contributed by atoms with Crippen LogP contribution < -0.4 is 20.1 Å². The van der Waals surface area contributed by atoms with E-state index in [1.54, 1.807) is 38.6 Å². The minimum absolute atomic E-state index is 0.135. The minimum atomic E-state index is -0.135. The van der Waals surface area contributed by atoms with Crippen LogP contribution in [0.1, 0.15) is 15.9 Å². The second-order valence-corrected chi connectivity index (χ2v) is 5.29. The van der Waals surface area contributed by atoms with E-state index in [1.165, 1.54) is 0 Å². The lowest BCUT2D eigenvalue weighted by molar-refractivity contribution is 0.0954. The summed E-state index contributed by atoms with van der Waals surface area (Å²) in [7, 11) is 3.20. The van der Waals surface area contributed by atoms with E-state index < -0.39 is 0 Å². The van der Waals surface area contributed by atoms with Crippen molar-refractivity contribution in [2.45, 2.75) is 6.42 Å². The van der Waals surface area contributed by atoms with E-state index in [0.717, 1.165) is 5.56 Å². The van der Waals surface area contributed by atoms with Crippen LogP contribution in [-0.2, 0) is 6.42 Å². The lowest BCUT2D eigenvalue weighted by atomic mass is 10.1. The third-order valence-corrected chi connectivity index (χ3v) is 3.60. The Morgan fingerprint density at radius 1 is 1.20 bits per heavy atom. The molecule has 1 aromatic heterocycles. The molecule has 2 N–H and O–H groups in total. The lowest BCUT2D eigenvalue weighted by Crippen LogP contribution is -2.25. The van der Waals surface area contributed by atoms with E-state index in [2.05, 4.69) is 22.2 Å². The zero-order valence-electron chi connectivity index (χ0n) is 14.5. The number of ether oxygens (including phenoxy) is 2. The molecular formula is C19H23N3O3. The van der Waals surface area contributed by atoms with E-state index >= 15 is 0 Å². The topological polar surface area (TPSA) is 72.5 Å². The Kier molecular flexibility index (Phi) is 6.83. The van der Waals surface area contributed by atoms with Gasteiger partial charge in [0.05, 0.1) is 14.2 Å². The van der Waals surface area contributed by atoms with Crippen LogP contribution in [0.4, 0.5) is 5.82 Å². The molecule has 25 heavy (non-hydrogen) atoms. The number of nitrogens with zero attached hydrogens (tertiary/aromatic N) is 1. The smallest absolute Gasteiger partial charge is 0.251 e. The van der Waals surface area contributed by atoms with E-state index in [-0.39, 0.29) is 5.91 Å². The normalized spacial score (nSPS) is 10.0. The van der Waals surface area contributed by atoms with Gasteiger partial charge in [-0.1, -0.05) is 12.1 Å². The first-order valence-electron chi connectivity index (χ1n) is 7.98. The van der Waals surface area contributed by atoms with Crippen LogP contribution in [0.5, 0.6) is 11.5 Å². The maximum absolute atomic E-state index is 12.3. The average Bonchev–Trinajstić information content (AvgIpc) is 2.66. The van der Waals surface area contributed by atoms with Gasteiger partial charge in [-0.25, -0.2) is 4.98 Å². The van der Waals surface area contributed by atoms with E-state index in [0.29, 0.717) is 42.4 Å². The van der Waals surface area contributed by atoms with E-state index in [1.807, 2.05) is 18.2 Å². The highest BCUT2D eigenvalue weighted by Crippen LogP contribution is 2.27. The second kappa shape index (κ2) is 9.32. The fourth-order valence-electron chi connectivity index (χ4n) is 2.30. The summed E-state index contributed by atoms with van der Waals surface area (Å²) in [4.78, 5) is 16.4. The second-order valence-electron chi connectivity index (χ2n) is 5.29. The van der Waals surface area contributed by atoms with Crippen molar-refractivity contribution in [3.8, 4) is 11.5 Å². The molecule has 0 aliphatic carbocycles.